The summed E-state index contributed by atoms with van der Waals surface area (Å²) in [4.78, 5) is 0. The molecule has 0 atom stereocenters. The van der Waals surface area contributed by atoms with Crippen molar-refractivity contribution in [3.63, 3.8) is 0 Å². The zero-order chi connectivity index (χ0) is 12.3. The lowest BCUT2D eigenvalue weighted by Crippen LogP contribution is -1.99. The van der Waals surface area contributed by atoms with Gasteiger partial charge in [0.2, 0.25) is 0 Å². The second-order valence-electron chi connectivity index (χ2n) is 5.14. The van der Waals surface area contributed by atoms with Crippen molar-refractivity contribution >= 4 is 10.9 Å². The van der Waals surface area contributed by atoms with Crippen LogP contribution in [0.5, 0.6) is 0 Å². The molecule has 2 nitrogen and oxygen atoms in total. The van der Waals surface area contributed by atoms with Crippen LogP contribution >= 0.6 is 0 Å². The molecule has 1 heterocycles. The molecule has 1 aromatic carbocycles. The average molecular weight is 230 g/mol. The highest BCUT2D eigenvalue weighted by molar-refractivity contribution is 5.80. The summed E-state index contributed by atoms with van der Waals surface area (Å²) >= 11 is 0. The molecule has 0 saturated carbocycles. The molecule has 0 radical (unpaired) electrons. The number of hydrogen-bond acceptors (Lipinski definition) is 1. The van der Waals surface area contributed by atoms with Crippen molar-refractivity contribution in [2.24, 2.45) is 11.7 Å². The van der Waals surface area contributed by atoms with Gasteiger partial charge in [0.25, 0.3) is 0 Å². The van der Waals surface area contributed by atoms with Crippen LogP contribution in [0, 0.1) is 5.92 Å². The summed E-state index contributed by atoms with van der Waals surface area (Å²) in [6.45, 7) is 6.29. The highest BCUT2D eigenvalue weighted by Gasteiger charge is 2.02. The summed E-state index contributed by atoms with van der Waals surface area (Å²) in [5.74, 6) is 0.792. The van der Waals surface area contributed by atoms with E-state index in [-0.39, 0.29) is 0 Å². The van der Waals surface area contributed by atoms with Crippen LogP contribution in [0.15, 0.2) is 30.5 Å². The molecule has 92 valence electrons. The minimum absolute atomic E-state index is 0.620. The quantitative estimate of drug-likeness (QED) is 0.837. The summed E-state index contributed by atoms with van der Waals surface area (Å²) in [7, 11) is 0. The largest absolute Gasteiger partial charge is 0.347 e. The summed E-state index contributed by atoms with van der Waals surface area (Å²) in [5.41, 5.74) is 8.19. The van der Waals surface area contributed by atoms with Gasteiger partial charge in [-0.3, -0.25) is 0 Å². The molecule has 0 amide bonds. The zero-order valence-corrected chi connectivity index (χ0v) is 10.8. The first kappa shape index (κ1) is 12.2. The Bertz CT molecular complexity index is 483. The SMILES string of the molecule is CC(C)CCCn1ccc2cc(CN)ccc21. The smallest absolute Gasteiger partial charge is 0.0480 e. The summed E-state index contributed by atoms with van der Waals surface area (Å²) in [5, 5.41) is 1.30. The molecule has 2 N–H and O–H groups in total. The fourth-order valence-electron chi connectivity index (χ4n) is 2.24. The van der Waals surface area contributed by atoms with Gasteiger partial charge in [0.1, 0.15) is 0 Å². The molecule has 0 aliphatic heterocycles. The van der Waals surface area contributed by atoms with E-state index in [4.69, 9.17) is 5.73 Å². The standard InChI is InChI=1S/C15H22N2/c1-12(2)4-3-8-17-9-7-14-10-13(11-16)5-6-15(14)17/h5-7,9-10,12H,3-4,8,11,16H2,1-2H3. The zero-order valence-electron chi connectivity index (χ0n) is 10.8. The average Bonchev–Trinajstić information content (AvgIpc) is 2.71. The van der Waals surface area contributed by atoms with Gasteiger partial charge in [0, 0.05) is 24.8 Å². The Morgan fingerprint density at radius 2 is 2.06 bits per heavy atom. The lowest BCUT2D eigenvalue weighted by atomic mass is 10.1. The Morgan fingerprint density at radius 3 is 2.76 bits per heavy atom. The van der Waals surface area contributed by atoms with Gasteiger partial charge in [-0.1, -0.05) is 19.9 Å². The van der Waals surface area contributed by atoms with E-state index in [1.807, 2.05) is 0 Å². The van der Waals surface area contributed by atoms with Crippen LogP contribution in [0.1, 0.15) is 32.3 Å². The van der Waals surface area contributed by atoms with Crippen molar-refractivity contribution < 1.29 is 0 Å². The topological polar surface area (TPSA) is 30.9 Å². The van der Waals surface area contributed by atoms with E-state index in [1.165, 1.54) is 29.3 Å². The fourth-order valence-corrected chi connectivity index (χ4v) is 2.24. The second kappa shape index (κ2) is 5.37. The van der Waals surface area contributed by atoms with Crippen molar-refractivity contribution in [3.8, 4) is 0 Å². The van der Waals surface area contributed by atoms with E-state index in [0.717, 1.165) is 12.5 Å². The van der Waals surface area contributed by atoms with Gasteiger partial charge in [0.15, 0.2) is 0 Å². The maximum absolute atomic E-state index is 5.65. The molecular weight excluding hydrogens is 208 g/mol. The minimum Gasteiger partial charge on any atom is -0.347 e. The third-order valence-corrected chi connectivity index (χ3v) is 3.25. The third-order valence-electron chi connectivity index (χ3n) is 3.25. The Morgan fingerprint density at radius 1 is 1.24 bits per heavy atom. The molecule has 0 unspecified atom stereocenters. The molecule has 0 spiro atoms. The van der Waals surface area contributed by atoms with Gasteiger partial charge in [-0.05, 0) is 47.9 Å². The van der Waals surface area contributed by atoms with Crippen LogP contribution in [0.4, 0.5) is 0 Å². The molecule has 2 rings (SSSR count). The first-order valence-corrected chi connectivity index (χ1v) is 6.48. The first-order chi connectivity index (χ1) is 8.20. The van der Waals surface area contributed by atoms with Gasteiger partial charge in [0.05, 0.1) is 0 Å². The van der Waals surface area contributed by atoms with Crippen LogP contribution in [0.3, 0.4) is 0 Å². The van der Waals surface area contributed by atoms with Gasteiger partial charge in [-0.2, -0.15) is 0 Å². The molecule has 2 heteroatoms. The van der Waals surface area contributed by atoms with Crippen molar-refractivity contribution in [3.05, 3.63) is 36.0 Å². The molecule has 17 heavy (non-hydrogen) atoms. The van der Waals surface area contributed by atoms with Gasteiger partial charge < -0.3 is 10.3 Å². The van der Waals surface area contributed by atoms with Gasteiger partial charge in [-0.15, -0.1) is 0 Å². The van der Waals surface area contributed by atoms with E-state index in [1.54, 1.807) is 0 Å². The Balaban J connectivity index is 2.13. The Kier molecular flexibility index (Phi) is 3.85. The van der Waals surface area contributed by atoms with Crippen molar-refractivity contribution in [1.29, 1.82) is 0 Å². The number of aryl methyl sites for hydroxylation is 1. The maximum atomic E-state index is 5.65. The number of aromatic nitrogens is 1. The predicted octanol–water partition coefficient (Wildman–Crippen LogP) is 3.54. The van der Waals surface area contributed by atoms with E-state index in [9.17, 15) is 0 Å². The highest BCUT2D eigenvalue weighted by Crippen LogP contribution is 2.18. The van der Waals surface area contributed by atoms with Crippen LogP contribution in [0.2, 0.25) is 0 Å². The monoisotopic (exact) mass is 230 g/mol. The predicted molar refractivity (Wildman–Crippen MR) is 73.9 cm³/mol. The second-order valence-corrected chi connectivity index (χ2v) is 5.14. The fraction of sp³-hybridized carbons (Fsp3) is 0.467. The van der Waals surface area contributed by atoms with E-state index < -0.39 is 0 Å². The van der Waals surface area contributed by atoms with E-state index in [2.05, 4.69) is 48.9 Å². The Hall–Kier alpha value is -1.28. The highest BCUT2D eigenvalue weighted by atomic mass is 14.9. The number of nitrogens with zero attached hydrogens (tertiary/aromatic N) is 1. The van der Waals surface area contributed by atoms with Crippen LogP contribution in [-0.4, -0.2) is 4.57 Å². The summed E-state index contributed by atoms with van der Waals surface area (Å²) < 4.78 is 2.35. The number of nitrogens with two attached hydrogens (primary N) is 1. The molecule has 0 aliphatic carbocycles. The number of hydrogen-bond donors (Lipinski definition) is 1. The minimum atomic E-state index is 0.620. The third kappa shape index (κ3) is 2.89. The summed E-state index contributed by atoms with van der Waals surface area (Å²) in [6.07, 6.45) is 4.73. The molecule has 0 bridgehead atoms. The normalized spacial score (nSPS) is 11.5. The molecule has 1 aromatic heterocycles. The molecule has 2 aromatic rings. The first-order valence-electron chi connectivity index (χ1n) is 6.48. The lowest BCUT2D eigenvalue weighted by Gasteiger charge is -2.07. The van der Waals surface area contributed by atoms with Crippen molar-refractivity contribution in [2.75, 3.05) is 0 Å². The van der Waals surface area contributed by atoms with Crippen molar-refractivity contribution in [2.45, 2.75) is 39.8 Å². The lowest BCUT2D eigenvalue weighted by molar-refractivity contribution is 0.518. The number of fused-ring (bicyclic) bond motifs is 1. The molecule has 0 fully saturated rings. The van der Waals surface area contributed by atoms with E-state index in [0.29, 0.717) is 6.54 Å². The molecule has 0 saturated heterocycles. The summed E-state index contributed by atoms with van der Waals surface area (Å²) in [6, 6.07) is 8.69. The van der Waals surface area contributed by atoms with Gasteiger partial charge >= 0.3 is 0 Å². The Labute approximate surface area is 103 Å². The van der Waals surface area contributed by atoms with E-state index >= 15 is 0 Å². The maximum Gasteiger partial charge on any atom is 0.0480 e. The van der Waals surface area contributed by atoms with Gasteiger partial charge in [-0.25, -0.2) is 0 Å². The van der Waals surface area contributed by atoms with Crippen molar-refractivity contribution in [1.82, 2.24) is 4.57 Å². The molecule has 0 aliphatic rings. The van der Waals surface area contributed by atoms with Crippen LogP contribution in [-0.2, 0) is 13.1 Å². The number of benzene rings is 1. The van der Waals surface area contributed by atoms with Crippen LogP contribution < -0.4 is 5.73 Å². The molecular formula is C15H22N2. The van der Waals surface area contributed by atoms with Crippen LogP contribution in [0.25, 0.3) is 10.9 Å². The number of rotatable bonds is 5.